The SMILES string of the molecule is O=C(O)c1ccc(Cl)cc1Oc1ncc(F)cc1F. The summed E-state index contributed by atoms with van der Waals surface area (Å²) in [6.07, 6.45) is 0.753. The van der Waals surface area contributed by atoms with Gasteiger partial charge in [-0.3, -0.25) is 0 Å². The maximum Gasteiger partial charge on any atom is 0.339 e. The Morgan fingerprint density at radius 2 is 2.05 bits per heavy atom. The van der Waals surface area contributed by atoms with E-state index in [1.54, 1.807) is 0 Å². The Kier molecular flexibility index (Phi) is 3.62. The molecule has 0 fully saturated rings. The van der Waals surface area contributed by atoms with Gasteiger partial charge in [-0.2, -0.15) is 0 Å². The van der Waals surface area contributed by atoms with Gasteiger partial charge in [0.25, 0.3) is 5.88 Å². The molecule has 0 radical (unpaired) electrons. The highest BCUT2D eigenvalue weighted by atomic mass is 35.5. The molecule has 0 spiro atoms. The molecule has 19 heavy (non-hydrogen) atoms. The molecule has 1 aromatic carbocycles. The number of aromatic nitrogens is 1. The van der Waals surface area contributed by atoms with Gasteiger partial charge in [-0.25, -0.2) is 18.6 Å². The lowest BCUT2D eigenvalue weighted by molar-refractivity contribution is 0.0694. The number of hydrogen-bond donors (Lipinski definition) is 1. The largest absolute Gasteiger partial charge is 0.478 e. The topological polar surface area (TPSA) is 59.4 Å². The highest BCUT2D eigenvalue weighted by Crippen LogP contribution is 2.28. The van der Waals surface area contributed by atoms with Crippen molar-refractivity contribution in [2.45, 2.75) is 0 Å². The maximum atomic E-state index is 13.4. The molecule has 0 bridgehead atoms. The van der Waals surface area contributed by atoms with E-state index in [1.165, 1.54) is 18.2 Å². The van der Waals surface area contributed by atoms with Crippen molar-refractivity contribution in [2.75, 3.05) is 0 Å². The second kappa shape index (κ2) is 5.19. The lowest BCUT2D eigenvalue weighted by Crippen LogP contribution is -2.01. The summed E-state index contributed by atoms with van der Waals surface area (Å²) in [6, 6.07) is 4.34. The number of aromatic carboxylic acids is 1. The fourth-order valence-electron chi connectivity index (χ4n) is 1.34. The zero-order valence-electron chi connectivity index (χ0n) is 9.23. The summed E-state index contributed by atoms with van der Waals surface area (Å²) in [5, 5.41) is 9.16. The molecular weight excluding hydrogens is 280 g/mol. The van der Waals surface area contributed by atoms with E-state index in [2.05, 4.69) is 4.98 Å². The second-order valence-corrected chi connectivity index (χ2v) is 3.92. The molecular formula is C12H6ClF2NO3. The molecule has 2 rings (SSSR count). The van der Waals surface area contributed by atoms with Gasteiger partial charge in [0.2, 0.25) is 0 Å². The standard InChI is InChI=1S/C12H6ClF2NO3/c13-6-1-2-8(12(17)18)10(3-6)19-11-9(15)4-7(14)5-16-11/h1-5H,(H,17,18). The molecule has 0 atom stereocenters. The van der Waals surface area contributed by atoms with Crippen LogP contribution in [0, 0.1) is 11.6 Å². The van der Waals surface area contributed by atoms with Crippen molar-refractivity contribution in [1.82, 2.24) is 4.98 Å². The van der Waals surface area contributed by atoms with Crippen LogP contribution in [0.25, 0.3) is 0 Å². The van der Waals surface area contributed by atoms with Crippen LogP contribution in [-0.4, -0.2) is 16.1 Å². The summed E-state index contributed by atoms with van der Waals surface area (Å²) < 4.78 is 31.1. The third kappa shape index (κ3) is 2.97. The van der Waals surface area contributed by atoms with Crippen LogP contribution >= 0.6 is 11.6 Å². The molecule has 4 nitrogen and oxygen atoms in total. The van der Waals surface area contributed by atoms with Gasteiger partial charge in [0.1, 0.15) is 17.1 Å². The lowest BCUT2D eigenvalue weighted by atomic mass is 10.2. The number of carboxylic acid groups (broad SMARTS) is 1. The minimum atomic E-state index is -1.27. The highest BCUT2D eigenvalue weighted by Gasteiger charge is 2.15. The van der Waals surface area contributed by atoms with E-state index < -0.39 is 23.5 Å². The number of ether oxygens (including phenoxy) is 1. The van der Waals surface area contributed by atoms with Gasteiger partial charge in [0.05, 0.1) is 6.20 Å². The summed E-state index contributed by atoms with van der Waals surface area (Å²) in [5.74, 6) is -3.90. The van der Waals surface area contributed by atoms with Crippen molar-refractivity contribution >= 4 is 17.6 Å². The van der Waals surface area contributed by atoms with Gasteiger partial charge < -0.3 is 9.84 Å². The summed E-state index contributed by atoms with van der Waals surface area (Å²) in [5.41, 5.74) is -0.213. The van der Waals surface area contributed by atoms with E-state index in [-0.39, 0.29) is 16.3 Å². The molecule has 0 saturated carbocycles. The third-order valence-corrected chi connectivity index (χ3v) is 2.39. The molecule has 98 valence electrons. The average Bonchev–Trinajstić information content (AvgIpc) is 2.32. The number of carbonyl (C=O) groups is 1. The number of halogens is 3. The molecule has 7 heteroatoms. The van der Waals surface area contributed by atoms with E-state index >= 15 is 0 Å². The minimum Gasteiger partial charge on any atom is -0.478 e. The van der Waals surface area contributed by atoms with Crippen molar-refractivity contribution in [1.29, 1.82) is 0 Å². The Morgan fingerprint density at radius 1 is 1.32 bits per heavy atom. The number of rotatable bonds is 3. The summed E-state index contributed by atoms with van der Waals surface area (Å²) >= 11 is 5.71. The third-order valence-electron chi connectivity index (χ3n) is 2.15. The Labute approximate surface area is 111 Å². The number of hydrogen-bond acceptors (Lipinski definition) is 3. The Morgan fingerprint density at radius 3 is 2.68 bits per heavy atom. The van der Waals surface area contributed by atoms with Crippen molar-refractivity contribution in [3.8, 4) is 11.6 Å². The summed E-state index contributed by atoms with van der Waals surface area (Å²) in [7, 11) is 0. The van der Waals surface area contributed by atoms with E-state index in [1.807, 2.05) is 0 Å². The highest BCUT2D eigenvalue weighted by molar-refractivity contribution is 6.30. The first-order chi connectivity index (χ1) is 8.97. The number of pyridine rings is 1. The molecule has 0 amide bonds. The van der Waals surface area contributed by atoms with Gasteiger partial charge in [0, 0.05) is 17.2 Å². The lowest BCUT2D eigenvalue weighted by Gasteiger charge is -2.08. The van der Waals surface area contributed by atoms with Crippen LogP contribution in [0.15, 0.2) is 30.5 Å². The van der Waals surface area contributed by atoms with Crippen LogP contribution in [0.4, 0.5) is 8.78 Å². The Hall–Kier alpha value is -2.21. The van der Waals surface area contributed by atoms with Crippen LogP contribution in [0.5, 0.6) is 11.6 Å². The zero-order chi connectivity index (χ0) is 14.0. The monoisotopic (exact) mass is 285 g/mol. The van der Waals surface area contributed by atoms with E-state index in [4.69, 9.17) is 21.4 Å². The molecule has 1 aromatic heterocycles. The zero-order valence-corrected chi connectivity index (χ0v) is 9.99. The first-order valence-electron chi connectivity index (χ1n) is 4.99. The quantitative estimate of drug-likeness (QED) is 0.937. The molecule has 1 N–H and O–H groups in total. The Bertz CT molecular complexity index is 649. The molecule has 0 aliphatic carbocycles. The number of carboxylic acids is 1. The van der Waals surface area contributed by atoms with E-state index in [9.17, 15) is 13.6 Å². The van der Waals surface area contributed by atoms with Gasteiger partial charge in [0.15, 0.2) is 5.82 Å². The smallest absolute Gasteiger partial charge is 0.339 e. The normalized spacial score (nSPS) is 10.3. The second-order valence-electron chi connectivity index (χ2n) is 3.49. The predicted octanol–water partition coefficient (Wildman–Crippen LogP) is 3.50. The molecule has 0 aliphatic rings. The van der Waals surface area contributed by atoms with Crippen LogP contribution in [-0.2, 0) is 0 Å². The first kappa shape index (κ1) is 13.2. The van der Waals surface area contributed by atoms with Crippen molar-refractivity contribution in [3.05, 3.63) is 52.7 Å². The summed E-state index contributed by atoms with van der Waals surface area (Å²) in [6.45, 7) is 0. The Balaban J connectivity index is 2.42. The predicted molar refractivity (Wildman–Crippen MR) is 62.6 cm³/mol. The van der Waals surface area contributed by atoms with Crippen molar-refractivity contribution in [2.24, 2.45) is 0 Å². The van der Waals surface area contributed by atoms with Crippen LogP contribution in [0.2, 0.25) is 5.02 Å². The fourth-order valence-corrected chi connectivity index (χ4v) is 1.50. The van der Waals surface area contributed by atoms with Gasteiger partial charge >= 0.3 is 5.97 Å². The van der Waals surface area contributed by atoms with Crippen molar-refractivity contribution in [3.63, 3.8) is 0 Å². The van der Waals surface area contributed by atoms with Crippen LogP contribution < -0.4 is 4.74 Å². The summed E-state index contributed by atoms with van der Waals surface area (Å²) in [4.78, 5) is 14.4. The number of benzene rings is 1. The van der Waals surface area contributed by atoms with Gasteiger partial charge in [-0.1, -0.05) is 11.6 Å². The first-order valence-corrected chi connectivity index (χ1v) is 5.37. The average molecular weight is 286 g/mol. The molecule has 0 aliphatic heterocycles. The molecule has 0 unspecified atom stereocenters. The minimum absolute atomic E-state index is 0.182. The number of nitrogens with zero attached hydrogens (tertiary/aromatic N) is 1. The molecule has 1 heterocycles. The molecule has 0 saturated heterocycles. The van der Waals surface area contributed by atoms with Gasteiger partial charge in [-0.15, -0.1) is 0 Å². The molecule has 2 aromatic rings. The van der Waals surface area contributed by atoms with Crippen molar-refractivity contribution < 1.29 is 23.4 Å². The van der Waals surface area contributed by atoms with Crippen LogP contribution in [0.1, 0.15) is 10.4 Å². The van der Waals surface area contributed by atoms with E-state index in [0.717, 1.165) is 6.20 Å². The van der Waals surface area contributed by atoms with Crippen LogP contribution in [0.3, 0.4) is 0 Å². The fraction of sp³-hybridized carbons (Fsp3) is 0. The maximum absolute atomic E-state index is 13.4. The van der Waals surface area contributed by atoms with Gasteiger partial charge in [-0.05, 0) is 12.1 Å². The van der Waals surface area contributed by atoms with E-state index in [0.29, 0.717) is 6.07 Å².